The molecule has 2 unspecified atom stereocenters. The van der Waals surface area contributed by atoms with Gasteiger partial charge in [0.1, 0.15) is 0 Å². The Labute approximate surface area is 116 Å². The molecule has 1 aliphatic heterocycles. The molecule has 0 aromatic heterocycles. The lowest BCUT2D eigenvalue weighted by molar-refractivity contribution is 0.254. The van der Waals surface area contributed by atoms with Crippen LogP contribution in [0.5, 0.6) is 0 Å². The molecule has 0 amide bonds. The Hall–Kier alpha value is 0.520. The van der Waals surface area contributed by atoms with E-state index in [0.717, 1.165) is 13.1 Å². The molecule has 1 fully saturated rings. The van der Waals surface area contributed by atoms with Crippen molar-refractivity contribution in [3.8, 4) is 0 Å². The quantitative estimate of drug-likeness (QED) is 0.535. The van der Waals surface area contributed by atoms with Gasteiger partial charge in [-0.1, -0.05) is 48.1 Å². The summed E-state index contributed by atoms with van der Waals surface area (Å²) in [5.41, 5.74) is 1.37. The van der Waals surface area contributed by atoms with Crippen molar-refractivity contribution in [3.63, 3.8) is 0 Å². The van der Waals surface area contributed by atoms with Crippen LogP contribution < -0.4 is 0 Å². The summed E-state index contributed by atoms with van der Waals surface area (Å²) in [4.78, 5) is 0. The number of hydrogen-bond acceptors (Lipinski definition) is 2. The van der Waals surface area contributed by atoms with Gasteiger partial charge in [0.2, 0.25) is 0 Å². The van der Waals surface area contributed by atoms with E-state index in [9.17, 15) is 0 Å². The Kier molecular flexibility index (Phi) is 5.05. The average Bonchev–Trinajstić information content (AvgIpc) is 2.54. The molecule has 0 saturated carbocycles. The molecular weight excluding hydrogens is 258 g/mol. The zero-order valence-electron chi connectivity index (χ0n) is 13.4. The van der Waals surface area contributed by atoms with Gasteiger partial charge >= 0.3 is 0 Å². The SMILES string of the molecule is C=C1CN(P(C)C(C)(C)C)N(P(C)C(C)(C)C)C1. The van der Waals surface area contributed by atoms with Crippen LogP contribution in [0, 0.1) is 0 Å². The fourth-order valence-electron chi connectivity index (χ4n) is 1.83. The summed E-state index contributed by atoms with van der Waals surface area (Å²) in [7, 11) is -0.307. The van der Waals surface area contributed by atoms with Gasteiger partial charge < -0.3 is 0 Å². The predicted molar refractivity (Wildman–Crippen MR) is 87.7 cm³/mol. The van der Waals surface area contributed by atoms with E-state index in [0.29, 0.717) is 10.3 Å². The summed E-state index contributed by atoms with van der Waals surface area (Å²) < 4.78 is 5.24. The standard InChI is InChI=1S/C14H30N2P2/c1-12-10-15(17(8)13(2,3)4)16(11-12)18(9)14(5,6)7/h1,10-11H2,2-9H3. The van der Waals surface area contributed by atoms with Crippen LogP contribution in [0.15, 0.2) is 12.2 Å². The van der Waals surface area contributed by atoms with Crippen LogP contribution >= 0.6 is 16.1 Å². The summed E-state index contributed by atoms with van der Waals surface area (Å²) in [6.45, 7) is 25.3. The number of hydrogen-bond donors (Lipinski definition) is 0. The highest BCUT2D eigenvalue weighted by Crippen LogP contribution is 2.60. The zero-order valence-corrected chi connectivity index (χ0v) is 15.2. The lowest BCUT2D eigenvalue weighted by Crippen LogP contribution is -2.36. The van der Waals surface area contributed by atoms with Gasteiger partial charge in [0.15, 0.2) is 0 Å². The van der Waals surface area contributed by atoms with Crippen molar-refractivity contribution in [1.82, 2.24) is 9.56 Å². The zero-order chi connectivity index (χ0) is 14.3. The minimum Gasteiger partial charge on any atom is -0.212 e. The molecular formula is C14H30N2P2. The Morgan fingerprint density at radius 2 is 1.11 bits per heavy atom. The average molecular weight is 288 g/mol. The van der Waals surface area contributed by atoms with Gasteiger partial charge in [-0.25, -0.2) is 9.56 Å². The van der Waals surface area contributed by atoms with E-state index in [1.807, 2.05) is 0 Å². The lowest BCUT2D eigenvalue weighted by Gasteiger charge is -2.45. The summed E-state index contributed by atoms with van der Waals surface area (Å²) >= 11 is 0. The molecule has 2 nitrogen and oxygen atoms in total. The van der Waals surface area contributed by atoms with Gasteiger partial charge in [-0.05, 0) is 45.4 Å². The van der Waals surface area contributed by atoms with Crippen molar-refractivity contribution in [3.05, 3.63) is 12.2 Å². The molecule has 2 atom stereocenters. The van der Waals surface area contributed by atoms with Crippen molar-refractivity contribution in [2.75, 3.05) is 26.4 Å². The Balaban J connectivity index is 2.93. The van der Waals surface area contributed by atoms with E-state index in [-0.39, 0.29) is 16.1 Å². The molecule has 4 heteroatoms. The molecule has 1 saturated heterocycles. The van der Waals surface area contributed by atoms with Crippen LogP contribution in [0.1, 0.15) is 41.5 Å². The fourth-order valence-corrected chi connectivity index (χ4v) is 5.50. The monoisotopic (exact) mass is 288 g/mol. The number of hydrazine groups is 1. The lowest BCUT2D eigenvalue weighted by atomic mass is 10.3. The molecule has 0 aromatic carbocycles. The van der Waals surface area contributed by atoms with Gasteiger partial charge in [-0.15, -0.1) is 0 Å². The predicted octanol–water partition coefficient (Wildman–Crippen LogP) is 4.73. The second kappa shape index (κ2) is 5.49. The van der Waals surface area contributed by atoms with Gasteiger partial charge in [0.05, 0.1) is 0 Å². The van der Waals surface area contributed by atoms with Crippen LogP contribution in [-0.4, -0.2) is 46.3 Å². The van der Waals surface area contributed by atoms with E-state index in [4.69, 9.17) is 0 Å². The van der Waals surface area contributed by atoms with Gasteiger partial charge in [-0.3, -0.25) is 0 Å². The Morgan fingerprint density at radius 3 is 1.33 bits per heavy atom. The van der Waals surface area contributed by atoms with Crippen LogP contribution in [-0.2, 0) is 0 Å². The first-order valence-corrected chi connectivity index (χ1v) is 10.1. The van der Waals surface area contributed by atoms with Crippen LogP contribution in [0.4, 0.5) is 0 Å². The van der Waals surface area contributed by atoms with E-state index < -0.39 is 0 Å². The first-order valence-electron chi connectivity index (χ1n) is 6.63. The summed E-state index contributed by atoms with van der Waals surface area (Å²) in [5.74, 6) is 0. The minimum absolute atomic E-state index is 0.154. The molecule has 0 aromatic rings. The molecule has 1 aliphatic rings. The first-order chi connectivity index (χ1) is 7.94. The minimum atomic E-state index is -0.154. The number of nitrogens with zero attached hydrogens (tertiary/aromatic N) is 2. The highest BCUT2D eigenvalue weighted by atomic mass is 31.1. The maximum Gasteiger partial charge on any atom is 0.0398 e. The van der Waals surface area contributed by atoms with E-state index >= 15 is 0 Å². The number of rotatable bonds is 2. The summed E-state index contributed by atoms with van der Waals surface area (Å²) in [5, 5.41) is 0.735. The molecule has 0 aliphatic carbocycles. The van der Waals surface area contributed by atoms with Crippen molar-refractivity contribution < 1.29 is 0 Å². The van der Waals surface area contributed by atoms with Crippen molar-refractivity contribution in [1.29, 1.82) is 0 Å². The molecule has 18 heavy (non-hydrogen) atoms. The van der Waals surface area contributed by atoms with Crippen LogP contribution in [0.2, 0.25) is 0 Å². The highest BCUT2D eigenvalue weighted by Gasteiger charge is 2.39. The molecule has 0 radical (unpaired) electrons. The summed E-state index contributed by atoms with van der Waals surface area (Å²) in [6, 6.07) is 0. The highest BCUT2D eigenvalue weighted by molar-refractivity contribution is 7.59. The van der Waals surface area contributed by atoms with Gasteiger partial charge in [0, 0.05) is 13.1 Å². The Morgan fingerprint density at radius 1 is 0.833 bits per heavy atom. The molecule has 0 spiro atoms. The third kappa shape index (κ3) is 3.76. The third-order valence-electron chi connectivity index (χ3n) is 3.63. The van der Waals surface area contributed by atoms with E-state index in [2.05, 4.69) is 71.0 Å². The largest absolute Gasteiger partial charge is 0.212 e. The maximum absolute atomic E-state index is 4.22. The molecule has 106 valence electrons. The third-order valence-corrected chi connectivity index (χ3v) is 9.76. The fraction of sp³-hybridized carbons (Fsp3) is 0.857. The van der Waals surface area contributed by atoms with Crippen molar-refractivity contribution >= 4 is 16.1 Å². The van der Waals surface area contributed by atoms with Crippen molar-refractivity contribution in [2.24, 2.45) is 0 Å². The molecule has 0 bridgehead atoms. The Bertz CT molecular complexity index is 285. The first kappa shape index (κ1) is 16.6. The summed E-state index contributed by atoms with van der Waals surface area (Å²) in [6.07, 6.45) is 0. The second-order valence-corrected chi connectivity index (χ2v) is 12.9. The smallest absolute Gasteiger partial charge is 0.0398 e. The normalized spacial score (nSPS) is 23.4. The van der Waals surface area contributed by atoms with E-state index in [1.54, 1.807) is 0 Å². The molecule has 1 rings (SSSR count). The van der Waals surface area contributed by atoms with Crippen molar-refractivity contribution in [2.45, 2.75) is 51.9 Å². The van der Waals surface area contributed by atoms with Gasteiger partial charge in [0.25, 0.3) is 0 Å². The molecule has 0 N–H and O–H groups in total. The van der Waals surface area contributed by atoms with Crippen LogP contribution in [0.3, 0.4) is 0 Å². The van der Waals surface area contributed by atoms with Crippen LogP contribution in [0.25, 0.3) is 0 Å². The topological polar surface area (TPSA) is 6.48 Å². The maximum atomic E-state index is 4.22. The van der Waals surface area contributed by atoms with E-state index in [1.165, 1.54) is 5.57 Å². The van der Waals surface area contributed by atoms with Gasteiger partial charge in [-0.2, -0.15) is 0 Å². The molecule has 1 heterocycles. The second-order valence-electron chi connectivity index (χ2n) is 7.20.